The lowest BCUT2D eigenvalue weighted by atomic mass is 9.93. The molecule has 1 aromatic heterocycles. The Labute approximate surface area is 300 Å². The summed E-state index contributed by atoms with van der Waals surface area (Å²) in [6.45, 7) is 2.09. The molecule has 2 heterocycles. The van der Waals surface area contributed by atoms with E-state index in [0.717, 1.165) is 14.7 Å². The highest BCUT2D eigenvalue weighted by molar-refractivity contribution is 14.1. The lowest BCUT2D eigenvalue weighted by Gasteiger charge is -2.26. The quantitative estimate of drug-likeness (QED) is 0.126. The van der Waals surface area contributed by atoms with Crippen LogP contribution in [-0.4, -0.2) is 31.4 Å². The van der Waals surface area contributed by atoms with Gasteiger partial charge in [-0.3, -0.25) is 9.36 Å². The van der Waals surface area contributed by atoms with E-state index < -0.39 is 12.0 Å². The number of ether oxygens (including phenoxy) is 4. The summed E-state index contributed by atoms with van der Waals surface area (Å²) in [6.07, 6.45) is 1.78. The van der Waals surface area contributed by atoms with E-state index in [9.17, 15) is 14.9 Å². The zero-order valence-electron chi connectivity index (χ0n) is 26.8. The normalized spacial score (nSPS) is 14.0. The third-order valence-corrected chi connectivity index (χ3v) is 9.63. The van der Waals surface area contributed by atoms with Crippen molar-refractivity contribution in [1.82, 2.24) is 4.57 Å². The molecule has 1 atom stereocenters. The van der Waals surface area contributed by atoms with Gasteiger partial charge in [-0.1, -0.05) is 72.0 Å². The van der Waals surface area contributed by atoms with Crippen LogP contribution in [0.25, 0.3) is 11.8 Å². The van der Waals surface area contributed by atoms with Crippen molar-refractivity contribution in [2.24, 2.45) is 4.99 Å². The number of esters is 1. The minimum Gasteiger partial charge on any atom is -0.497 e. The molecule has 1 aliphatic rings. The van der Waals surface area contributed by atoms with Crippen molar-refractivity contribution in [3.05, 3.63) is 148 Å². The largest absolute Gasteiger partial charge is 0.497 e. The second-order valence-electron chi connectivity index (χ2n) is 10.8. The van der Waals surface area contributed by atoms with Gasteiger partial charge >= 0.3 is 5.97 Å². The minimum atomic E-state index is -0.829. The first-order chi connectivity index (χ1) is 23.9. The molecule has 5 aromatic rings. The van der Waals surface area contributed by atoms with Crippen LogP contribution in [0.3, 0.4) is 0 Å². The number of carbonyl (C=O) groups excluding carboxylic acids is 1. The highest BCUT2D eigenvalue weighted by Crippen LogP contribution is 2.37. The van der Waals surface area contributed by atoms with Crippen LogP contribution in [0, 0.1) is 14.9 Å². The Morgan fingerprint density at radius 3 is 2.53 bits per heavy atom. The van der Waals surface area contributed by atoms with Crippen molar-refractivity contribution in [1.29, 1.82) is 5.26 Å². The summed E-state index contributed by atoms with van der Waals surface area (Å²) in [5, 5.41) is 9.47. The molecule has 0 saturated carbocycles. The molecule has 6 rings (SSSR count). The highest BCUT2D eigenvalue weighted by Gasteiger charge is 2.35. The Hall–Kier alpha value is -5.19. The number of halogens is 1. The van der Waals surface area contributed by atoms with Gasteiger partial charge < -0.3 is 18.9 Å². The van der Waals surface area contributed by atoms with Crippen LogP contribution >= 0.6 is 33.9 Å². The van der Waals surface area contributed by atoms with E-state index in [2.05, 4.69) is 28.7 Å². The van der Waals surface area contributed by atoms with Gasteiger partial charge in [-0.2, -0.15) is 5.26 Å². The fourth-order valence-corrected chi connectivity index (χ4v) is 7.37. The molecular formula is C38H30IN3O6S. The lowest BCUT2D eigenvalue weighted by Crippen LogP contribution is -2.40. The molecule has 0 bridgehead atoms. The summed E-state index contributed by atoms with van der Waals surface area (Å²) < 4.78 is 25.6. The molecule has 0 unspecified atom stereocenters. The summed E-state index contributed by atoms with van der Waals surface area (Å²) in [7, 11) is 3.12. The van der Waals surface area contributed by atoms with Gasteiger partial charge in [0.05, 0.1) is 57.9 Å². The van der Waals surface area contributed by atoms with Crippen LogP contribution in [0.15, 0.2) is 106 Å². The number of hydrogen-bond acceptors (Lipinski definition) is 9. The molecular weight excluding hydrogens is 753 g/mol. The van der Waals surface area contributed by atoms with Crippen molar-refractivity contribution in [3.8, 4) is 23.3 Å². The van der Waals surface area contributed by atoms with Crippen LogP contribution in [-0.2, 0) is 16.1 Å². The van der Waals surface area contributed by atoms with Gasteiger partial charge in [0.2, 0.25) is 0 Å². The maximum absolute atomic E-state index is 14.3. The van der Waals surface area contributed by atoms with Gasteiger partial charge in [0.25, 0.3) is 5.56 Å². The molecule has 0 fully saturated rings. The van der Waals surface area contributed by atoms with Gasteiger partial charge in [0.15, 0.2) is 16.3 Å². The zero-order valence-corrected chi connectivity index (χ0v) is 29.8. The SMILES string of the molecule is CCOC(=O)C1=C(c2ccccc2)N=c2s/c(=C\c3cc(I)c(OCc4ccccc4C#N)c(OC)c3)c(=O)n2[C@H]1c1cccc(OC)c1. The summed E-state index contributed by atoms with van der Waals surface area (Å²) in [4.78, 5) is 33.4. The second-order valence-corrected chi connectivity index (χ2v) is 13.0. The van der Waals surface area contributed by atoms with Gasteiger partial charge in [-0.25, -0.2) is 9.79 Å². The molecule has 4 aromatic carbocycles. The molecule has 0 N–H and O–H groups in total. The molecule has 0 spiro atoms. The molecule has 11 heteroatoms. The predicted molar refractivity (Wildman–Crippen MR) is 195 cm³/mol. The first kappa shape index (κ1) is 33.7. The van der Waals surface area contributed by atoms with Crippen LogP contribution in [0.4, 0.5) is 0 Å². The number of nitriles is 1. The van der Waals surface area contributed by atoms with Crippen LogP contribution in [0.5, 0.6) is 17.2 Å². The molecule has 49 heavy (non-hydrogen) atoms. The van der Waals surface area contributed by atoms with Crippen molar-refractivity contribution in [2.75, 3.05) is 20.8 Å². The standard InChI is InChI=1S/C38H30IN3O6S/c1-4-47-37(44)32-33(24-11-6-5-7-12-24)41-38-42(34(32)25-15-10-16-28(20-25)45-2)36(43)31(49-38)19-23-17-29(39)35(30(18-23)46-3)48-22-27-14-9-8-13-26(27)21-40/h5-20,34H,4,22H2,1-3H3/b31-19-/t34-/m0/s1. The number of benzene rings is 4. The maximum atomic E-state index is 14.3. The van der Waals surface area contributed by atoms with E-state index in [1.165, 1.54) is 11.3 Å². The average Bonchev–Trinajstić information content (AvgIpc) is 3.44. The van der Waals surface area contributed by atoms with Crippen LogP contribution in [0.1, 0.15) is 40.8 Å². The van der Waals surface area contributed by atoms with E-state index in [4.69, 9.17) is 23.9 Å². The van der Waals surface area contributed by atoms with Gasteiger partial charge in [0.1, 0.15) is 12.4 Å². The monoisotopic (exact) mass is 783 g/mol. The Bertz CT molecular complexity index is 2310. The number of aromatic nitrogens is 1. The van der Waals surface area contributed by atoms with Crippen molar-refractivity contribution >= 4 is 51.7 Å². The van der Waals surface area contributed by atoms with Crippen molar-refractivity contribution < 1.29 is 23.7 Å². The molecule has 0 amide bonds. The first-order valence-corrected chi connectivity index (χ1v) is 17.2. The Morgan fingerprint density at radius 2 is 1.80 bits per heavy atom. The Balaban J connectivity index is 1.50. The number of carbonyl (C=O) groups is 1. The Morgan fingerprint density at radius 1 is 1.02 bits per heavy atom. The number of hydrogen-bond donors (Lipinski definition) is 0. The number of methoxy groups -OCH3 is 2. The van der Waals surface area contributed by atoms with Crippen molar-refractivity contribution in [3.63, 3.8) is 0 Å². The van der Waals surface area contributed by atoms with E-state index in [-0.39, 0.29) is 24.3 Å². The third kappa shape index (κ3) is 6.88. The van der Waals surface area contributed by atoms with E-state index in [0.29, 0.717) is 49.0 Å². The van der Waals surface area contributed by atoms with Crippen LogP contribution in [0.2, 0.25) is 0 Å². The smallest absolute Gasteiger partial charge is 0.338 e. The van der Waals surface area contributed by atoms with Crippen molar-refractivity contribution in [2.45, 2.75) is 19.6 Å². The van der Waals surface area contributed by atoms with E-state index >= 15 is 0 Å². The van der Waals surface area contributed by atoms with E-state index in [1.807, 2.05) is 78.9 Å². The topological polar surface area (TPSA) is 112 Å². The molecule has 246 valence electrons. The fraction of sp³-hybridized carbons (Fsp3) is 0.158. The second kappa shape index (κ2) is 14.9. The minimum absolute atomic E-state index is 0.157. The number of rotatable bonds is 10. The predicted octanol–water partition coefficient (Wildman–Crippen LogP) is 6.01. The summed E-state index contributed by atoms with van der Waals surface area (Å²) in [6, 6.07) is 29.0. The van der Waals surface area contributed by atoms with E-state index in [1.54, 1.807) is 43.9 Å². The number of thiazole rings is 1. The zero-order chi connectivity index (χ0) is 34.5. The molecule has 0 aliphatic carbocycles. The van der Waals surface area contributed by atoms with Gasteiger partial charge in [-0.05, 0) is 77.0 Å². The average molecular weight is 784 g/mol. The maximum Gasteiger partial charge on any atom is 0.338 e. The summed E-state index contributed by atoms with van der Waals surface area (Å²) in [5.74, 6) is 1.03. The molecule has 9 nitrogen and oxygen atoms in total. The molecule has 0 saturated heterocycles. The number of nitrogens with zero attached hydrogens (tertiary/aromatic N) is 3. The highest BCUT2D eigenvalue weighted by atomic mass is 127. The lowest BCUT2D eigenvalue weighted by molar-refractivity contribution is -0.138. The Kier molecular flexibility index (Phi) is 10.3. The summed E-state index contributed by atoms with van der Waals surface area (Å²) >= 11 is 3.40. The van der Waals surface area contributed by atoms with Crippen LogP contribution < -0.4 is 29.1 Å². The van der Waals surface area contributed by atoms with Gasteiger partial charge in [0, 0.05) is 11.1 Å². The fourth-order valence-electron chi connectivity index (χ4n) is 5.59. The first-order valence-electron chi connectivity index (χ1n) is 15.3. The summed E-state index contributed by atoms with van der Waals surface area (Å²) in [5.41, 5.74) is 3.80. The molecule has 1 aliphatic heterocycles. The third-order valence-electron chi connectivity index (χ3n) is 7.84. The molecule has 0 radical (unpaired) electrons. The number of fused-ring (bicyclic) bond motifs is 1. The van der Waals surface area contributed by atoms with Gasteiger partial charge in [-0.15, -0.1) is 0 Å².